The van der Waals surface area contributed by atoms with Gasteiger partial charge < -0.3 is 10.6 Å². The fourth-order valence-electron chi connectivity index (χ4n) is 3.17. The van der Waals surface area contributed by atoms with Crippen LogP contribution >= 0.6 is 0 Å². The molecule has 92 valence electrons. The molecule has 1 heterocycles. The molecule has 1 saturated carbocycles. The summed E-state index contributed by atoms with van der Waals surface area (Å²) in [7, 11) is 0. The van der Waals surface area contributed by atoms with E-state index in [2.05, 4.69) is 4.90 Å². The largest absolute Gasteiger partial charge is 0.368 e. The van der Waals surface area contributed by atoms with Gasteiger partial charge in [0, 0.05) is 24.3 Å². The number of hydrogen-bond acceptors (Lipinski definition) is 2. The highest BCUT2D eigenvalue weighted by Gasteiger charge is 2.29. The van der Waals surface area contributed by atoms with Crippen LogP contribution in [0.1, 0.15) is 31.2 Å². The van der Waals surface area contributed by atoms with Crippen LogP contribution in [0, 0.1) is 5.82 Å². The normalized spacial score (nSPS) is 28.2. The summed E-state index contributed by atoms with van der Waals surface area (Å²) in [4.78, 5) is 2.39. The van der Waals surface area contributed by atoms with E-state index in [1.807, 2.05) is 6.07 Å². The molecule has 0 spiro atoms. The van der Waals surface area contributed by atoms with E-state index in [-0.39, 0.29) is 5.82 Å². The van der Waals surface area contributed by atoms with Gasteiger partial charge in [0.15, 0.2) is 0 Å². The maximum atomic E-state index is 13.3. The van der Waals surface area contributed by atoms with Crippen LogP contribution in [0.25, 0.3) is 0 Å². The Balaban J connectivity index is 1.81. The van der Waals surface area contributed by atoms with Gasteiger partial charge in [0.1, 0.15) is 5.82 Å². The van der Waals surface area contributed by atoms with Crippen LogP contribution in [-0.4, -0.2) is 18.6 Å². The number of hydrogen-bond donors (Lipinski definition) is 1. The zero-order valence-corrected chi connectivity index (χ0v) is 10.0. The van der Waals surface area contributed by atoms with Crippen LogP contribution in [0.5, 0.6) is 0 Å². The van der Waals surface area contributed by atoms with Gasteiger partial charge in [0.2, 0.25) is 0 Å². The molecule has 1 fully saturated rings. The molecule has 1 aromatic carbocycles. The van der Waals surface area contributed by atoms with Crippen molar-refractivity contribution in [3.63, 3.8) is 0 Å². The number of nitrogens with zero attached hydrogens (tertiary/aromatic N) is 1. The smallest absolute Gasteiger partial charge is 0.125 e. The Morgan fingerprint density at radius 1 is 1.18 bits per heavy atom. The van der Waals surface area contributed by atoms with Crippen molar-refractivity contribution < 1.29 is 4.39 Å². The highest BCUT2D eigenvalue weighted by Crippen LogP contribution is 2.34. The third kappa shape index (κ3) is 2.04. The molecule has 2 N–H and O–H groups in total. The SMILES string of the molecule is NC1CCC(N2CCc3ccc(F)cc32)CC1. The van der Waals surface area contributed by atoms with Crippen molar-refractivity contribution in [2.24, 2.45) is 5.73 Å². The monoisotopic (exact) mass is 234 g/mol. The average molecular weight is 234 g/mol. The standard InChI is InChI=1S/C14H19FN2/c15-11-2-1-10-7-8-17(14(10)9-11)13-5-3-12(16)4-6-13/h1-2,9,12-13H,3-8,16H2. The minimum Gasteiger partial charge on any atom is -0.368 e. The van der Waals surface area contributed by atoms with Gasteiger partial charge in [-0.1, -0.05) is 6.07 Å². The first-order valence-electron chi connectivity index (χ1n) is 6.54. The van der Waals surface area contributed by atoms with E-state index in [1.165, 1.54) is 5.56 Å². The Kier molecular flexibility index (Phi) is 2.79. The summed E-state index contributed by atoms with van der Waals surface area (Å²) >= 11 is 0. The van der Waals surface area contributed by atoms with E-state index < -0.39 is 0 Å². The van der Waals surface area contributed by atoms with Crippen LogP contribution in [0.15, 0.2) is 18.2 Å². The molecule has 2 nitrogen and oxygen atoms in total. The maximum absolute atomic E-state index is 13.3. The van der Waals surface area contributed by atoms with Gasteiger partial charge in [0.05, 0.1) is 0 Å². The zero-order valence-electron chi connectivity index (χ0n) is 10.0. The molecular weight excluding hydrogens is 215 g/mol. The molecule has 0 bridgehead atoms. The van der Waals surface area contributed by atoms with Crippen molar-refractivity contribution >= 4 is 5.69 Å². The predicted molar refractivity (Wildman–Crippen MR) is 67.7 cm³/mol. The van der Waals surface area contributed by atoms with E-state index in [0.717, 1.165) is 44.3 Å². The van der Waals surface area contributed by atoms with Gasteiger partial charge in [0.25, 0.3) is 0 Å². The Bertz CT molecular complexity index is 411. The van der Waals surface area contributed by atoms with Crippen molar-refractivity contribution in [2.75, 3.05) is 11.4 Å². The van der Waals surface area contributed by atoms with Crippen molar-refractivity contribution in [1.82, 2.24) is 0 Å². The number of rotatable bonds is 1. The zero-order chi connectivity index (χ0) is 11.8. The fraction of sp³-hybridized carbons (Fsp3) is 0.571. The van der Waals surface area contributed by atoms with Crippen LogP contribution < -0.4 is 10.6 Å². The van der Waals surface area contributed by atoms with Crippen LogP contribution in [0.3, 0.4) is 0 Å². The van der Waals surface area contributed by atoms with Gasteiger partial charge >= 0.3 is 0 Å². The van der Waals surface area contributed by atoms with Gasteiger partial charge in [-0.2, -0.15) is 0 Å². The molecule has 0 aromatic heterocycles. The second-order valence-electron chi connectivity index (χ2n) is 5.29. The third-order valence-corrected chi connectivity index (χ3v) is 4.16. The van der Waals surface area contributed by atoms with Crippen molar-refractivity contribution in [3.8, 4) is 0 Å². The molecule has 3 heteroatoms. The van der Waals surface area contributed by atoms with E-state index in [1.54, 1.807) is 12.1 Å². The quantitative estimate of drug-likeness (QED) is 0.808. The molecule has 0 amide bonds. The third-order valence-electron chi connectivity index (χ3n) is 4.16. The second kappa shape index (κ2) is 4.30. The molecule has 1 aromatic rings. The summed E-state index contributed by atoms with van der Waals surface area (Å²) in [6.45, 7) is 1.04. The molecule has 0 radical (unpaired) electrons. The summed E-state index contributed by atoms with van der Waals surface area (Å²) in [5, 5.41) is 0. The van der Waals surface area contributed by atoms with Gasteiger partial charge in [-0.3, -0.25) is 0 Å². The Morgan fingerprint density at radius 2 is 1.94 bits per heavy atom. The number of benzene rings is 1. The molecule has 3 rings (SSSR count). The van der Waals surface area contributed by atoms with E-state index in [9.17, 15) is 4.39 Å². The molecule has 2 aliphatic rings. The highest BCUT2D eigenvalue weighted by atomic mass is 19.1. The topological polar surface area (TPSA) is 29.3 Å². The van der Waals surface area contributed by atoms with Crippen molar-refractivity contribution in [1.29, 1.82) is 0 Å². The summed E-state index contributed by atoms with van der Waals surface area (Å²) in [6.07, 6.45) is 5.56. The van der Waals surface area contributed by atoms with E-state index in [0.29, 0.717) is 12.1 Å². The van der Waals surface area contributed by atoms with Crippen LogP contribution in [-0.2, 0) is 6.42 Å². The maximum Gasteiger partial charge on any atom is 0.125 e. The van der Waals surface area contributed by atoms with Crippen LogP contribution in [0.4, 0.5) is 10.1 Å². The average Bonchev–Trinajstić information content (AvgIpc) is 2.73. The van der Waals surface area contributed by atoms with Crippen molar-refractivity contribution in [2.45, 2.75) is 44.2 Å². The number of halogens is 1. The predicted octanol–water partition coefficient (Wildman–Crippen LogP) is 2.46. The molecular formula is C14H19FN2. The number of nitrogens with two attached hydrogens (primary N) is 1. The lowest BCUT2D eigenvalue weighted by Crippen LogP contribution is -2.40. The highest BCUT2D eigenvalue weighted by molar-refractivity contribution is 5.58. The second-order valence-corrected chi connectivity index (χ2v) is 5.29. The molecule has 0 saturated heterocycles. The molecule has 1 aliphatic heterocycles. The minimum atomic E-state index is -0.122. The van der Waals surface area contributed by atoms with Crippen molar-refractivity contribution in [3.05, 3.63) is 29.6 Å². The lowest BCUT2D eigenvalue weighted by atomic mass is 9.91. The number of fused-ring (bicyclic) bond motifs is 1. The van der Waals surface area contributed by atoms with E-state index >= 15 is 0 Å². The van der Waals surface area contributed by atoms with Gasteiger partial charge in [-0.15, -0.1) is 0 Å². The first kappa shape index (κ1) is 11.0. The summed E-state index contributed by atoms with van der Waals surface area (Å²) in [5.41, 5.74) is 8.34. The summed E-state index contributed by atoms with van der Waals surface area (Å²) in [6, 6.07) is 6.13. The first-order valence-corrected chi connectivity index (χ1v) is 6.54. The molecule has 17 heavy (non-hydrogen) atoms. The Hall–Kier alpha value is -1.09. The van der Waals surface area contributed by atoms with Gasteiger partial charge in [-0.25, -0.2) is 4.39 Å². The Labute approximate surface area is 102 Å². The first-order chi connectivity index (χ1) is 8.24. The minimum absolute atomic E-state index is 0.122. The molecule has 0 atom stereocenters. The fourth-order valence-corrected chi connectivity index (χ4v) is 3.17. The van der Waals surface area contributed by atoms with Gasteiger partial charge in [-0.05, 0) is 49.8 Å². The summed E-state index contributed by atoms with van der Waals surface area (Å²) in [5.74, 6) is -0.122. The van der Waals surface area contributed by atoms with E-state index in [4.69, 9.17) is 5.73 Å². The lowest BCUT2D eigenvalue weighted by molar-refractivity contribution is 0.379. The summed E-state index contributed by atoms with van der Waals surface area (Å²) < 4.78 is 13.3. The van der Waals surface area contributed by atoms with Crippen LogP contribution in [0.2, 0.25) is 0 Å². The Morgan fingerprint density at radius 3 is 2.71 bits per heavy atom. The molecule has 1 aliphatic carbocycles. The molecule has 0 unspecified atom stereocenters. The number of anilines is 1. The lowest BCUT2D eigenvalue weighted by Gasteiger charge is -2.35.